The van der Waals surface area contributed by atoms with Crippen molar-refractivity contribution in [2.75, 3.05) is 0 Å². The quantitative estimate of drug-likeness (QED) is 0.175. The molecule has 0 atom stereocenters. The summed E-state index contributed by atoms with van der Waals surface area (Å²) in [6.45, 7) is 28.1. The third-order valence-corrected chi connectivity index (χ3v) is 5.27. The van der Waals surface area contributed by atoms with Crippen molar-refractivity contribution in [3.63, 3.8) is 0 Å². The summed E-state index contributed by atoms with van der Waals surface area (Å²) >= 11 is 0. The Bertz CT molecular complexity index is 1680. The van der Waals surface area contributed by atoms with Crippen LogP contribution in [0.5, 0.6) is 0 Å². The molecule has 0 radical (unpaired) electrons. The number of aromatic nitrogens is 2. The average molecular weight is 545 g/mol. The van der Waals surface area contributed by atoms with Gasteiger partial charge in [0.05, 0.1) is 39.9 Å². The van der Waals surface area contributed by atoms with Gasteiger partial charge in [0.1, 0.15) is 5.65 Å². The van der Waals surface area contributed by atoms with E-state index in [4.69, 9.17) is 0 Å². The van der Waals surface area contributed by atoms with Crippen LogP contribution in [0.4, 0.5) is 5.69 Å². The van der Waals surface area contributed by atoms with Crippen LogP contribution in [0.2, 0.25) is 0 Å². The minimum absolute atomic E-state index is 0.138. The third kappa shape index (κ3) is 8.59. The monoisotopic (exact) mass is 544 g/mol. The predicted octanol–water partition coefficient (Wildman–Crippen LogP) is 9.27. The Kier molecular flexibility index (Phi) is 12.4. The Morgan fingerprint density at radius 3 is 1.56 bits per heavy atom. The van der Waals surface area contributed by atoms with E-state index in [-0.39, 0.29) is 11.2 Å². The molecule has 206 valence electrons. The summed E-state index contributed by atoms with van der Waals surface area (Å²) in [7, 11) is 0. The molecular formula is C32H32N8O. The fraction of sp³-hybridized carbons (Fsp3) is 0.0312. The minimum Gasteiger partial charge on any atom is -0.340 e. The van der Waals surface area contributed by atoms with Crippen molar-refractivity contribution in [1.82, 2.24) is 9.38 Å². The highest BCUT2D eigenvalue weighted by atomic mass is 16.1. The molecule has 41 heavy (non-hydrogen) atoms. The van der Waals surface area contributed by atoms with Gasteiger partial charge in [-0.3, -0.25) is 9.20 Å². The largest absolute Gasteiger partial charge is 0.340 e. The van der Waals surface area contributed by atoms with Crippen molar-refractivity contribution in [3.05, 3.63) is 169 Å². The summed E-state index contributed by atoms with van der Waals surface area (Å²) in [4.78, 5) is 16.1. The van der Waals surface area contributed by atoms with Crippen LogP contribution in [0.25, 0.3) is 17.8 Å². The van der Waals surface area contributed by atoms with Crippen molar-refractivity contribution >= 4 is 23.5 Å². The van der Waals surface area contributed by atoms with Crippen molar-refractivity contribution in [1.29, 1.82) is 0 Å². The summed E-state index contributed by atoms with van der Waals surface area (Å²) in [5.74, 6) is 0. The van der Waals surface area contributed by atoms with E-state index in [2.05, 4.69) is 81.7 Å². The first kappa shape index (κ1) is 31.4. The first-order valence-corrected chi connectivity index (χ1v) is 12.3. The first-order chi connectivity index (χ1) is 19.9. The molecule has 0 unspecified atom stereocenters. The fourth-order valence-electron chi connectivity index (χ4n) is 3.09. The number of nitrogens with one attached hydrogen (secondary N) is 1. The Balaban J connectivity index is 2.31. The van der Waals surface area contributed by atoms with Gasteiger partial charge in [-0.1, -0.05) is 52.1 Å². The van der Waals surface area contributed by atoms with Crippen LogP contribution >= 0.6 is 0 Å². The van der Waals surface area contributed by atoms with Crippen molar-refractivity contribution < 1.29 is 0 Å². The van der Waals surface area contributed by atoms with Gasteiger partial charge in [0.25, 0.3) is 5.56 Å². The van der Waals surface area contributed by atoms with Gasteiger partial charge in [-0.05, 0) is 85.9 Å². The van der Waals surface area contributed by atoms with Gasteiger partial charge in [0.15, 0.2) is 5.69 Å². The molecule has 0 aromatic carbocycles. The molecule has 0 saturated carbocycles. The number of aromatic amines is 1. The number of fused-ring (bicyclic) bond motifs is 1. The highest BCUT2D eigenvalue weighted by molar-refractivity contribution is 5.65. The number of rotatable bonds is 15. The second kappa shape index (κ2) is 16.2. The molecule has 9 nitrogen and oxygen atoms in total. The van der Waals surface area contributed by atoms with Crippen LogP contribution in [-0.2, 0) is 0 Å². The minimum atomic E-state index is -0.355. The number of hydrogen-bond acceptors (Lipinski definition) is 7. The second-order valence-electron chi connectivity index (χ2n) is 7.78. The zero-order valence-electron chi connectivity index (χ0n) is 23.1. The summed E-state index contributed by atoms with van der Waals surface area (Å²) in [5.41, 5.74) is 4.08. The molecule has 2 aromatic rings. The molecule has 2 rings (SSSR count). The first-order valence-electron chi connectivity index (χ1n) is 12.3. The molecule has 0 aliphatic rings. The lowest BCUT2D eigenvalue weighted by molar-refractivity contribution is 1.06. The van der Waals surface area contributed by atoms with Gasteiger partial charge in [0.2, 0.25) is 0 Å². The van der Waals surface area contributed by atoms with Crippen LogP contribution in [0.15, 0.2) is 183 Å². The van der Waals surface area contributed by atoms with Crippen LogP contribution in [0.1, 0.15) is 18.3 Å². The van der Waals surface area contributed by atoms with E-state index in [0.29, 0.717) is 45.5 Å². The molecule has 0 bridgehead atoms. The van der Waals surface area contributed by atoms with Gasteiger partial charge < -0.3 is 4.98 Å². The normalized spacial score (nSPS) is 13.7. The summed E-state index contributed by atoms with van der Waals surface area (Å²) in [6, 6.07) is 3.30. The van der Waals surface area contributed by atoms with E-state index < -0.39 is 0 Å². The lowest BCUT2D eigenvalue weighted by Crippen LogP contribution is -2.12. The SMILES string of the molecule is C=C\C(=C/C=C(C=C)/N=N/C(C=C)=C/C=C(C=C)/N=N/C(C=C)=C/C)N=Nc1ccc2[nH]c(C=C)c(C=C)n2c1=O. The summed E-state index contributed by atoms with van der Waals surface area (Å²) < 4.78 is 1.47. The predicted molar refractivity (Wildman–Crippen MR) is 170 cm³/mol. The number of pyridine rings is 1. The van der Waals surface area contributed by atoms with Gasteiger partial charge in [0, 0.05) is 0 Å². The van der Waals surface area contributed by atoms with Crippen molar-refractivity contribution in [3.8, 4) is 0 Å². The van der Waals surface area contributed by atoms with E-state index in [1.807, 2.05) is 6.92 Å². The molecule has 0 aliphatic carbocycles. The number of nitrogens with zero attached hydrogens (tertiary/aromatic N) is 7. The number of imidazole rings is 1. The van der Waals surface area contributed by atoms with Crippen LogP contribution < -0.4 is 5.56 Å². The number of azo groups is 3. The average Bonchev–Trinajstić information content (AvgIpc) is 3.38. The zero-order valence-corrected chi connectivity index (χ0v) is 23.1. The Morgan fingerprint density at radius 1 is 0.683 bits per heavy atom. The van der Waals surface area contributed by atoms with Crippen LogP contribution in [-0.4, -0.2) is 9.38 Å². The fourth-order valence-corrected chi connectivity index (χ4v) is 3.09. The van der Waals surface area contributed by atoms with Crippen molar-refractivity contribution in [2.24, 2.45) is 30.7 Å². The molecule has 0 saturated heterocycles. The standard InChI is InChI=1S/C32H32N8O/c1-9-23(10-2)34-35-24(11-3)17-18-25(12-4)36-37-26(13-5)19-20-27(14-6)38-39-29-21-22-31-33-28(15-7)30(16-8)40(31)32(29)41/h9-22,33H,1,3-8H2,2H3/b23-10+,24-17+,25-18+,26-19+,27-20+,35-34+,37-36+,39-38?. The Hall–Kier alpha value is -5.83. The molecule has 0 amide bonds. The van der Waals surface area contributed by atoms with E-state index >= 15 is 0 Å². The maximum Gasteiger partial charge on any atom is 0.284 e. The summed E-state index contributed by atoms with van der Waals surface area (Å²) in [5, 5.41) is 24.8. The van der Waals surface area contributed by atoms with Gasteiger partial charge in [-0.2, -0.15) is 25.6 Å². The molecule has 0 spiro atoms. The van der Waals surface area contributed by atoms with Crippen molar-refractivity contribution in [2.45, 2.75) is 6.92 Å². The highest BCUT2D eigenvalue weighted by Crippen LogP contribution is 2.17. The van der Waals surface area contributed by atoms with E-state index in [0.717, 1.165) is 0 Å². The van der Waals surface area contributed by atoms with E-state index in [1.54, 1.807) is 66.8 Å². The third-order valence-electron chi connectivity index (χ3n) is 5.27. The lowest BCUT2D eigenvalue weighted by Gasteiger charge is -1.98. The maximum atomic E-state index is 13.0. The number of hydrogen-bond donors (Lipinski definition) is 1. The molecule has 9 heteroatoms. The second-order valence-corrected chi connectivity index (χ2v) is 7.78. The van der Waals surface area contributed by atoms with Gasteiger partial charge >= 0.3 is 0 Å². The van der Waals surface area contributed by atoms with E-state index in [1.165, 1.54) is 22.6 Å². The molecule has 2 heterocycles. The molecule has 2 aromatic heterocycles. The highest BCUT2D eigenvalue weighted by Gasteiger charge is 2.11. The topological polar surface area (TPSA) is 111 Å². The molecule has 0 fully saturated rings. The lowest BCUT2D eigenvalue weighted by atomic mass is 10.3. The number of H-pyrrole nitrogens is 1. The smallest absolute Gasteiger partial charge is 0.284 e. The van der Waals surface area contributed by atoms with Crippen LogP contribution in [0.3, 0.4) is 0 Å². The zero-order chi connectivity index (χ0) is 30.2. The van der Waals surface area contributed by atoms with Crippen LogP contribution in [0, 0.1) is 0 Å². The van der Waals surface area contributed by atoms with E-state index in [9.17, 15) is 4.79 Å². The maximum absolute atomic E-state index is 13.0. The summed E-state index contributed by atoms with van der Waals surface area (Å²) in [6.07, 6.45) is 19.3. The molecular weight excluding hydrogens is 512 g/mol. The molecule has 1 N–H and O–H groups in total. The van der Waals surface area contributed by atoms with Gasteiger partial charge in [-0.15, -0.1) is 5.11 Å². The number of allylic oxidation sites excluding steroid dienone is 10. The molecule has 0 aliphatic heterocycles. The Labute approximate surface area is 239 Å². The van der Waals surface area contributed by atoms with Gasteiger partial charge in [-0.25, -0.2) is 0 Å². The Morgan fingerprint density at radius 2 is 1.15 bits per heavy atom.